The second-order valence-corrected chi connectivity index (χ2v) is 6.80. The van der Waals surface area contributed by atoms with E-state index in [1.165, 1.54) is 4.90 Å². The van der Waals surface area contributed by atoms with Crippen molar-refractivity contribution in [1.82, 2.24) is 10.6 Å². The Balaban J connectivity index is 1.73. The first-order valence-corrected chi connectivity index (χ1v) is 8.14. The Hall–Kier alpha value is -0.750. The van der Waals surface area contributed by atoms with E-state index in [2.05, 4.69) is 10.6 Å². The lowest BCUT2D eigenvalue weighted by Crippen LogP contribution is -2.42. The highest BCUT2D eigenvalue weighted by Gasteiger charge is 2.30. The molecule has 1 saturated heterocycles. The molecule has 0 unspecified atom stereocenters. The molecule has 2 aliphatic rings. The summed E-state index contributed by atoms with van der Waals surface area (Å²) in [7, 11) is 0. The number of thioether (sulfide) groups is 1. The van der Waals surface area contributed by atoms with E-state index in [4.69, 9.17) is 11.6 Å². The van der Waals surface area contributed by atoms with E-state index in [1.807, 2.05) is 18.2 Å². The van der Waals surface area contributed by atoms with Crippen LogP contribution in [0.15, 0.2) is 23.1 Å². The largest absolute Gasteiger partial charge is 0.392 e. The molecule has 3 rings (SSSR count). The predicted octanol–water partition coefficient (Wildman–Crippen LogP) is 1.72. The first kappa shape index (κ1) is 14.2. The minimum absolute atomic E-state index is 0.0111. The number of hydrogen-bond acceptors (Lipinski definition) is 4. The molecule has 20 heavy (non-hydrogen) atoms. The summed E-state index contributed by atoms with van der Waals surface area (Å²) in [4.78, 5) is 13.4. The Labute approximate surface area is 127 Å². The maximum atomic E-state index is 12.2. The average molecular weight is 313 g/mol. The highest BCUT2D eigenvalue weighted by Crippen LogP contribution is 2.37. The number of carbonyl (C=O) groups excluding carboxylic acids is 1. The van der Waals surface area contributed by atoms with E-state index in [-0.39, 0.29) is 18.0 Å². The smallest absolute Gasteiger partial charge is 0.237 e. The molecule has 3 atom stereocenters. The van der Waals surface area contributed by atoms with Gasteiger partial charge in [0.15, 0.2) is 0 Å². The number of hydrogen-bond donors (Lipinski definition) is 3. The van der Waals surface area contributed by atoms with E-state index in [9.17, 15) is 9.90 Å². The van der Waals surface area contributed by atoms with Crippen molar-refractivity contribution in [2.75, 3.05) is 12.3 Å². The number of halogens is 1. The molecular weight excluding hydrogens is 296 g/mol. The van der Waals surface area contributed by atoms with E-state index in [1.54, 1.807) is 11.8 Å². The van der Waals surface area contributed by atoms with Crippen molar-refractivity contribution >= 4 is 29.3 Å². The highest BCUT2D eigenvalue weighted by molar-refractivity contribution is 7.99. The number of fused-ring (bicyclic) bond motifs is 1. The van der Waals surface area contributed by atoms with Gasteiger partial charge in [-0.05, 0) is 36.6 Å². The van der Waals surface area contributed by atoms with Crippen LogP contribution in [-0.4, -0.2) is 35.5 Å². The van der Waals surface area contributed by atoms with Gasteiger partial charge in [0.2, 0.25) is 5.91 Å². The van der Waals surface area contributed by atoms with E-state index in [0.29, 0.717) is 18.0 Å². The Bertz CT molecular complexity index is 526. The van der Waals surface area contributed by atoms with Gasteiger partial charge in [-0.2, -0.15) is 0 Å². The van der Waals surface area contributed by atoms with Crippen molar-refractivity contribution in [3.63, 3.8) is 0 Å². The standard InChI is InChI=1S/C14H17ClN2O2S/c15-8-1-2-13-10(5-8)11(3-4-20-13)17-14(19)12-6-9(18)7-16-12/h1-2,5,9,11-12,16,18H,3-4,6-7H2,(H,17,19)/t9-,11+,12-/m0/s1. The minimum atomic E-state index is -0.422. The van der Waals surface area contributed by atoms with Gasteiger partial charge in [-0.1, -0.05) is 11.6 Å². The van der Waals surface area contributed by atoms with Gasteiger partial charge in [0.1, 0.15) is 0 Å². The van der Waals surface area contributed by atoms with Gasteiger partial charge in [-0.25, -0.2) is 0 Å². The maximum Gasteiger partial charge on any atom is 0.237 e. The lowest BCUT2D eigenvalue weighted by molar-refractivity contribution is -0.123. The normalized spacial score (nSPS) is 29.0. The summed E-state index contributed by atoms with van der Waals surface area (Å²) in [5.41, 5.74) is 1.10. The number of nitrogens with one attached hydrogen (secondary N) is 2. The van der Waals surface area contributed by atoms with Gasteiger partial charge in [-0.3, -0.25) is 4.79 Å². The third-order valence-corrected chi connectivity index (χ3v) is 5.11. The molecule has 1 amide bonds. The summed E-state index contributed by atoms with van der Waals surface area (Å²) in [5, 5.41) is 16.3. The van der Waals surface area contributed by atoms with Gasteiger partial charge in [0.25, 0.3) is 0 Å². The number of aliphatic hydroxyl groups excluding tert-OH is 1. The van der Waals surface area contributed by atoms with Crippen molar-refractivity contribution in [3.8, 4) is 0 Å². The van der Waals surface area contributed by atoms with E-state index >= 15 is 0 Å². The van der Waals surface area contributed by atoms with Crippen LogP contribution in [0, 0.1) is 0 Å². The molecule has 6 heteroatoms. The van der Waals surface area contributed by atoms with Crippen LogP contribution in [-0.2, 0) is 4.79 Å². The van der Waals surface area contributed by atoms with Crippen LogP contribution in [0.2, 0.25) is 5.02 Å². The summed E-state index contributed by atoms with van der Waals surface area (Å²) < 4.78 is 0. The topological polar surface area (TPSA) is 61.4 Å². The molecule has 4 nitrogen and oxygen atoms in total. The summed E-state index contributed by atoms with van der Waals surface area (Å²) >= 11 is 7.85. The second-order valence-electron chi connectivity index (χ2n) is 5.23. The molecule has 1 aromatic carbocycles. The monoisotopic (exact) mass is 312 g/mol. The summed E-state index contributed by atoms with van der Waals surface area (Å²) in [6.07, 6.45) is 0.962. The number of amides is 1. The predicted molar refractivity (Wildman–Crippen MR) is 80.1 cm³/mol. The Morgan fingerprint density at radius 2 is 2.35 bits per heavy atom. The fourth-order valence-corrected chi connectivity index (χ4v) is 3.99. The molecule has 1 fully saturated rings. The van der Waals surface area contributed by atoms with Crippen molar-refractivity contribution in [3.05, 3.63) is 28.8 Å². The summed E-state index contributed by atoms with van der Waals surface area (Å²) in [5.74, 6) is 0.949. The number of benzene rings is 1. The lowest BCUT2D eigenvalue weighted by atomic mass is 10.0. The second kappa shape index (κ2) is 5.93. The summed E-state index contributed by atoms with van der Waals surface area (Å²) in [6, 6.07) is 5.55. The van der Waals surface area contributed by atoms with Crippen LogP contribution in [0.25, 0.3) is 0 Å². The molecule has 0 radical (unpaired) electrons. The van der Waals surface area contributed by atoms with Crippen LogP contribution in [0.3, 0.4) is 0 Å². The average Bonchev–Trinajstić information content (AvgIpc) is 2.86. The fourth-order valence-electron chi connectivity index (χ4n) is 2.70. The molecule has 0 aliphatic carbocycles. The Morgan fingerprint density at radius 1 is 1.50 bits per heavy atom. The quantitative estimate of drug-likeness (QED) is 0.778. The third kappa shape index (κ3) is 2.96. The van der Waals surface area contributed by atoms with Crippen LogP contribution < -0.4 is 10.6 Å². The van der Waals surface area contributed by atoms with Gasteiger partial charge < -0.3 is 15.7 Å². The number of carbonyl (C=O) groups is 1. The third-order valence-electron chi connectivity index (χ3n) is 3.75. The first-order chi connectivity index (χ1) is 9.63. The number of rotatable bonds is 2. The number of aliphatic hydroxyl groups is 1. The van der Waals surface area contributed by atoms with Crippen LogP contribution in [0.4, 0.5) is 0 Å². The molecule has 108 valence electrons. The van der Waals surface area contributed by atoms with Crippen molar-refractivity contribution in [2.24, 2.45) is 0 Å². The van der Waals surface area contributed by atoms with Gasteiger partial charge in [-0.15, -0.1) is 11.8 Å². The number of β-amino-alcohol motifs (C(OH)–C–C–N with tert-alkyl or cyclic N) is 1. The molecule has 0 bridgehead atoms. The molecule has 2 aliphatic heterocycles. The Morgan fingerprint density at radius 3 is 3.10 bits per heavy atom. The molecular formula is C14H17ClN2O2S. The van der Waals surface area contributed by atoms with Crippen LogP contribution in [0.5, 0.6) is 0 Å². The molecule has 1 aromatic rings. The van der Waals surface area contributed by atoms with Crippen molar-refractivity contribution < 1.29 is 9.90 Å². The SMILES string of the molecule is O=C(N[C@@H]1CCSc2ccc(Cl)cc21)[C@@H]1C[C@H](O)CN1. The Kier molecular flexibility index (Phi) is 4.21. The van der Waals surface area contributed by atoms with E-state index in [0.717, 1.165) is 17.7 Å². The zero-order valence-corrected chi connectivity index (χ0v) is 12.5. The van der Waals surface area contributed by atoms with Crippen molar-refractivity contribution in [1.29, 1.82) is 0 Å². The van der Waals surface area contributed by atoms with Gasteiger partial charge in [0.05, 0.1) is 18.2 Å². The minimum Gasteiger partial charge on any atom is -0.392 e. The molecule has 0 saturated carbocycles. The molecule has 0 aromatic heterocycles. The highest BCUT2D eigenvalue weighted by atomic mass is 35.5. The van der Waals surface area contributed by atoms with E-state index < -0.39 is 6.10 Å². The van der Waals surface area contributed by atoms with Gasteiger partial charge >= 0.3 is 0 Å². The zero-order chi connectivity index (χ0) is 14.1. The molecule has 3 N–H and O–H groups in total. The first-order valence-electron chi connectivity index (χ1n) is 6.77. The molecule has 2 heterocycles. The van der Waals surface area contributed by atoms with Gasteiger partial charge in [0, 0.05) is 22.2 Å². The maximum absolute atomic E-state index is 12.2. The zero-order valence-electron chi connectivity index (χ0n) is 10.9. The lowest BCUT2D eigenvalue weighted by Gasteiger charge is -2.27. The molecule has 0 spiro atoms. The van der Waals surface area contributed by atoms with Crippen molar-refractivity contribution in [2.45, 2.75) is 35.9 Å². The van der Waals surface area contributed by atoms with Crippen LogP contribution in [0.1, 0.15) is 24.4 Å². The fraction of sp³-hybridized carbons (Fsp3) is 0.500. The summed E-state index contributed by atoms with van der Waals surface area (Å²) in [6.45, 7) is 0.487. The van der Waals surface area contributed by atoms with Crippen LogP contribution >= 0.6 is 23.4 Å².